The predicted molar refractivity (Wildman–Crippen MR) is 76.0 cm³/mol. The molecule has 1 aliphatic rings. The van der Waals surface area contributed by atoms with Gasteiger partial charge in [0.05, 0.1) is 24.7 Å². The first kappa shape index (κ1) is 15.0. The summed E-state index contributed by atoms with van der Waals surface area (Å²) in [6.45, 7) is -0.315. The fourth-order valence-electron chi connectivity index (χ4n) is 2.78. The zero-order valence-corrected chi connectivity index (χ0v) is 12.4. The molecule has 0 aromatic carbocycles. The highest BCUT2D eigenvalue weighted by Crippen LogP contribution is 2.39. The lowest BCUT2D eigenvalue weighted by Gasteiger charge is -2.35. The van der Waals surface area contributed by atoms with E-state index in [9.17, 15) is 18.6 Å². The van der Waals surface area contributed by atoms with Gasteiger partial charge in [0, 0.05) is 10.3 Å². The van der Waals surface area contributed by atoms with Crippen LogP contribution in [0.25, 0.3) is 0 Å². The van der Waals surface area contributed by atoms with Crippen molar-refractivity contribution in [3.05, 3.63) is 22.4 Å². The second kappa shape index (κ2) is 5.91. The minimum absolute atomic E-state index is 0.0958. The molecule has 2 heterocycles. The zero-order valence-electron chi connectivity index (χ0n) is 10.8. The van der Waals surface area contributed by atoms with Crippen molar-refractivity contribution in [2.45, 2.75) is 19.3 Å². The van der Waals surface area contributed by atoms with Crippen molar-refractivity contribution in [3.8, 4) is 0 Å². The molecule has 1 fully saturated rings. The molecule has 0 spiro atoms. The van der Waals surface area contributed by atoms with Crippen molar-refractivity contribution < 1.29 is 18.6 Å². The Morgan fingerprint density at radius 1 is 1.37 bits per heavy atom. The van der Waals surface area contributed by atoms with Gasteiger partial charge in [-0.3, -0.25) is 0 Å². The molecule has 19 heavy (non-hydrogen) atoms. The lowest BCUT2D eigenvalue weighted by Crippen LogP contribution is -2.39. The van der Waals surface area contributed by atoms with Crippen LogP contribution in [0, 0.1) is 11.3 Å². The molecule has 1 atom stereocenters. The van der Waals surface area contributed by atoms with E-state index in [1.165, 1.54) is 4.88 Å². The molecule has 1 aliphatic heterocycles. The maximum Gasteiger partial charge on any atom is 0.150 e. The van der Waals surface area contributed by atoms with E-state index in [2.05, 4.69) is 0 Å². The van der Waals surface area contributed by atoms with Crippen LogP contribution in [0.1, 0.15) is 17.7 Å². The Balaban J connectivity index is 2.09. The number of aliphatic hydroxyl groups is 2. The maximum absolute atomic E-state index is 11.6. The van der Waals surface area contributed by atoms with Gasteiger partial charge in [0.25, 0.3) is 0 Å². The lowest BCUT2D eigenvalue weighted by molar-refractivity contribution is 0.00553. The molecule has 1 saturated heterocycles. The molecule has 6 heteroatoms. The predicted octanol–water partition coefficient (Wildman–Crippen LogP) is 1.09. The number of sulfone groups is 1. The summed E-state index contributed by atoms with van der Waals surface area (Å²) in [5.74, 6) is 0.143. The molecule has 108 valence electrons. The third kappa shape index (κ3) is 3.37. The van der Waals surface area contributed by atoms with Gasteiger partial charge >= 0.3 is 0 Å². The topological polar surface area (TPSA) is 74.6 Å². The summed E-state index contributed by atoms with van der Waals surface area (Å²) in [4.78, 5) is 1.20. The van der Waals surface area contributed by atoms with Gasteiger partial charge in [0.2, 0.25) is 0 Å². The molecular formula is C13H20O4S2. The molecule has 2 N–H and O–H groups in total. The molecule has 1 aromatic rings. The van der Waals surface area contributed by atoms with Gasteiger partial charge in [-0.15, -0.1) is 11.3 Å². The third-order valence-corrected chi connectivity index (χ3v) is 6.88. The number of hydrogen-bond donors (Lipinski definition) is 2. The van der Waals surface area contributed by atoms with Crippen LogP contribution in [-0.4, -0.2) is 43.4 Å². The normalized spacial score (nSPS) is 22.7. The van der Waals surface area contributed by atoms with Gasteiger partial charge < -0.3 is 10.2 Å². The fraction of sp³-hybridized carbons (Fsp3) is 0.692. The maximum atomic E-state index is 11.6. The van der Waals surface area contributed by atoms with Crippen molar-refractivity contribution >= 4 is 21.2 Å². The van der Waals surface area contributed by atoms with Crippen LogP contribution >= 0.6 is 11.3 Å². The number of thiophene rings is 1. The van der Waals surface area contributed by atoms with Crippen LogP contribution < -0.4 is 0 Å². The van der Waals surface area contributed by atoms with Crippen LogP contribution in [0.2, 0.25) is 0 Å². The quantitative estimate of drug-likeness (QED) is 0.825. The molecule has 2 rings (SSSR count). The van der Waals surface area contributed by atoms with Crippen molar-refractivity contribution in [2.24, 2.45) is 11.3 Å². The summed E-state index contributed by atoms with van der Waals surface area (Å²) < 4.78 is 23.2. The van der Waals surface area contributed by atoms with Gasteiger partial charge in [-0.05, 0) is 36.6 Å². The van der Waals surface area contributed by atoms with Crippen LogP contribution in [0.5, 0.6) is 0 Å². The molecule has 0 saturated carbocycles. The second-order valence-corrected chi connectivity index (χ2v) is 8.62. The largest absolute Gasteiger partial charge is 0.396 e. The first-order chi connectivity index (χ1) is 9.01. The molecule has 1 aromatic heterocycles. The Morgan fingerprint density at radius 3 is 2.58 bits per heavy atom. The molecule has 4 nitrogen and oxygen atoms in total. The molecular weight excluding hydrogens is 284 g/mol. The van der Waals surface area contributed by atoms with E-state index >= 15 is 0 Å². The van der Waals surface area contributed by atoms with Crippen molar-refractivity contribution in [3.63, 3.8) is 0 Å². The highest BCUT2D eigenvalue weighted by Gasteiger charge is 2.43. The van der Waals surface area contributed by atoms with E-state index in [0.29, 0.717) is 12.8 Å². The van der Waals surface area contributed by atoms with E-state index < -0.39 is 15.3 Å². The second-order valence-electron chi connectivity index (χ2n) is 5.36. The zero-order chi connectivity index (χ0) is 13.9. The molecule has 0 bridgehead atoms. The minimum atomic E-state index is -2.99. The summed E-state index contributed by atoms with van der Waals surface area (Å²) in [7, 11) is -2.99. The van der Waals surface area contributed by atoms with Gasteiger partial charge in [-0.1, -0.05) is 6.07 Å². The molecule has 0 radical (unpaired) electrons. The average molecular weight is 304 g/mol. The monoisotopic (exact) mass is 304 g/mol. The Labute approximate surface area is 118 Å². The summed E-state index contributed by atoms with van der Waals surface area (Å²) in [6, 6.07) is 4.00. The van der Waals surface area contributed by atoms with E-state index in [0.717, 1.165) is 6.42 Å². The van der Waals surface area contributed by atoms with E-state index in [1.54, 1.807) is 11.3 Å². The number of aryl methyl sites for hydroxylation is 1. The SMILES string of the molecule is O=S1(=O)CCC(C(CO)(CO)CCc2cccs2)C1. The highest BCUT2D eigenvalue weighted by molar-refractivity contribution is 7.91. The summed E-state index contributed by atoms with van der Waals surface area (Å²) >= 11 is 1.65. The average Bonchev–Trinajstić information content (AvgIpc) is 3.01. The Hall–Kier alpha value is -0.430. The van der Waals surface area contributed by atoms with Crippen LogP contribution in [0.4, 0.5) is 0 Å². The third-order valence-electron chi connectivity index (χ3n) is 4.18. The summed E-state index contributed by atoms with van der Waals surface area (Å²) in [5.41, 5.74) is -0.673. The van der Waals surface area contributed by atoms with Gasteiger partial charge in [0.1, 0.15) is 0 Å². The van der Waals surface area contributed by atoms with E-state index in [-0.39, 0.29) is 30.6 Å². The van der Waals surface area contributed by atoms with E-state index in [1.807, 2.05) is 17.5 Å². The van der Waals surface area contributed by atoms with Crippen LogP contribution in [0.15, 0.2) is 17.5 Å². The smallest absolute Gasteiger partial charge is 0.150 e. The van der Waals surface area contributed by atoms with Crippen molar-refractivity contribution in [1.82, 2.24) is 0 Å². The van der Waals surface area contributed by atoms with Crippen LogP contribution in [-0.2, 0) is 16.3 Å². The number of aliphatic hydroxyl groups excluding tert-OH is 2. The van der Waals surface area contributed by atoms with Crippen molar-refractivity contribution in [1.29, 1.82) is 0 Å². The van der Waals surface area contributed by atoms with Crippen molar-refractivity contribution in [2.75, 3.05) is 24.7 Å². The summed E-state index contributed by atoms with van der Waals surface area (Å²) in [6.07, 6.45) is 1.95. The number of hydrogen-bond acceptors (Lipinski definition) is 5. The number of rotatable bonds is 6. The highest BCUT2D eigenvalue weighted by atomic mass is 32.2. The first-order valence-corrected chi connectivity index (χ1v) is 9.16. The van der Waals surface area contributed by atoms with Gasteiger partial charge in [-0.2, -0.15) is 0 Å². The minimum Gasteiger partial charge on any atom is -0.396 e. The van der Waals surface area contributed by atoms with Gasteiger partial charge in [-0.25, -0.2) is 8.42 Å². The fourth-order valence-corrected chi connectivity index (χ4v) is 5.43. The molecule has 1 unspecified atom stereocenters. The Kier molecular flexibility index (Phi) is 4.66. The summed E-state index contributed by atoms with van der Waals surface area (Å²) in [5, 5.41) is 21.4. The lowest BCUT2D eigenvalue weighted by atomic mass is 9.73. The first-order valence-electron chi connectivity index (χ1n) is 6.46. The molecule has 0 amide bonds. The van der Waals surface area contributed by atoms with Crippen LogP contribution in [0.3, 0.4) is 0 Å². The molecule has 0 aliphatic carbocycles. The Bertz CT molecular complexity index is 489. The Morgan fingerprint density at radius 2 is 2.11 bits per heavy atom. The van der Waals surface area contributed by atoms with Gasteiger partial charge in [0.15, 0.2) is 9.84 Å². The standard InChI is InChI=1S/C13H20O4S2/c14-9-13(10-15,5-3-12-2-1-6-18-12)11-4-7-19(16,17)8-11/h1-2,6,11,14-15H,3-5,7-10H2. The van der Waals surface area contributed by atoms with E-state index in [4.69, 9.17) is 0 Å².